The molecule has 2 heterocycles. The van der Waals surface area contributed by atoms with Gasteiger partial charge in [-0.3, -0.25) is 0 Å². The minimum absolute atomic E-state index is 0.149. The number of piperidine rings is 2. The quantitative estimate of drug-likeness (QED) is 0.577. The monoisotopic (exact) mass is 414 g/mol. The zero-order chi connectivity index (χ0) is 20.7. The first-order valence-corrected chi connectivity index (χ1v) is 12.2. The van der Waals surface area contributed by atoms with Crippen molar-refractivity contribution < 1.29 is 8.42 Å². The van der Waals surface area contributed by atoms with Gasteiger partial charge in [0.1, 0.15) is 0 Å². The minimum Gasteiger partial charge on any atom is -0.303 e. The van der Waals surface area contributed by atoms with E-state index in [0.29, 0.717) is 35.1 Å². The Morgan fingerprint density at radius 3 is 2.03 bits per heavy atom. The summed E-state index contributed by atoms with van der Waals surface area (Å²) in [5.41, 5.74) is 0.475. The van der Waals surface area contributed by atoms with E-state index in [9.17, 15) is 8.42 Å². The summed E-state index contributed by atoms with van der Waals surface area (Å²) >= 11 is 0. The number of sulfone groups is 1. The maximum absolute atomic E-state index is 12.5. The van der Waals surface area contributed by atoms with Crippen LogP contribution in [0.5, 0.6) is 0 Å². The first-order chi connectivity index (χ1) is 14.0. The van der Waals surface area contributed by atoms with Gasteiger partial charge in [0.2, 0.25) is 0 Å². The molecule has 0 N–H and O–H groups in total. The molecule has 3 rings (SSSR count). The van der Waals surface area contributed by atoms with Crippen molar-refractivity contribution in [1.29, 1.82) is 10.5 Å². The maximum atomic E-state index is 12.5. The highest BCUT2D eigenvalue weighted by Gasteiger charge is 2.33. The first kappa shape index (κ1) is 21.8. The number of hydrogen-bond acceptors (Lipinski definition) is 6. The van der Waals surface area contributed by atoms with E-state index in [-0.39, 0.29) is 5.75 Å². The fraction of sp³-hybridized carbons (Fsp3) is 0.636. The Balaban J connectivity index is 1.42. The van der Waals surface area contributed by atoms with Crippen LogP contribution >= 0.6 is 0 Å². The van der Waals surface area contributed by atoms with E-state index in [1.54, 1.807) is 12.1 Å². The third-order valence-corrected chi connectivity index (χ3v) is 7.79. The van der Waals surface area contributed by atoms with Gasteiger partial charge in [0.25, 0.3) is 0 Å². The molecule has 7 heteroatoms. The van der Waals surface area contributed by atoms with E-state index < -0.39 is 9.84 Å². The molecule has 2 aliphatic heterocycles. The molecule has 2 saturated heterocycles. The highest BCUT2D eigenvalue weighted by Crippen LogP contribution is 2.29. The highest BCUT2D eigenvalue weighted by atomic mass is 32.2. The molecule has 0 radical (unpaired) electrons. The van der Waals surface area contributed by atoms with Crippen LogP contribution in [0.25, 0.3) is 0 Å². The molecule has 29 heavy (non-hydrogen) atoms. The van der Waals surface area contributed by atoms with Crippen LogP contribution in [0.2, 0.25) is 0 Å². The predicted molar refractivity (Wildman–Crippen MR) is 112 cm³/mol. The van der Waals surface area contributed by atoms with Crippen molar-refractivity contribution in [2.75, 3.05) is 45.0 Å². The summed E-state index contributed by atoms with van der Waals surface area (Å²) in [6.45, 7) is 6.29. The fourth-order valence-electron chi connectivity index (χ4n) is 4.73. The van der Waals surface area contributed by atoms with Crippen molar-refractivity contribution in [3.8, 4) is 12.1 Å². The third-order valence-electron chi connectivity index (χ3n) is 5.98. The molecule has 156 valence electrons. The molecule has 0 aliphatic carbocycles. The van der Waals surface area contributed by atoms with Crippen molar-refractivity contribution in [3.63, 3.8) is 0 Å². The van der Waals surface area contributed by atoms with Crippen LogP contribution in [-0.2, 0) is 9.84 Å². The van der Waals surface area contributed by atoms with Crippen molar-refractivity contribution in [1.82, 2.24) is 9.80 Å². The Morgan fingerprint density at radius 2 is 1.48 bits per heavy atom. The van der Waals surface area contributed by atoms with Crippen molar-refractivity contribution >= 4 is 9.84 Å². The van der Waals surface area contributed by atoms with Crippen molar-refractivity contribution in [3.05, 3.63) is 29.8 Å². The summed E-state index contributed by atoms with van der Waals surface area (Å²) < 4.78 is 25.1. The molecule has 0 saturated carbocycles. The molecule has 0 aromatic heterocycles. The maximum Gasteiger partial charge on any atom is 0.178 e. The zero-order valence-electron chi connectivity index (χ0n) is 17.0. The second-order valence-electron chi connectivity index (χ2n) is 8.41. The average molecular weight is 415 g/mol. The van der Waals surface area contributed by atoms with Crippen LogP contribution in [0.1, 0.15) is 37.7 Å². The lowest BCUT2D eigenvalue weighted by Gasteiger charge is -2.46. The lowest BCUT2D eigenvalue weighted by molar-refractivity contribution is 0.0309. The van der Waals surface area contributed by atoms with Gasteiger partial charge in [-0.25, -0.2) is 8.42 Å². The van der Waals surface area contributed by atoms with E-state index in [2.05, 4.69) is 15.9 Å². The number of hydrogen-bond donors (Lipinski definition) is 0. The second kappa shape index (κ2) is 10.2. The largest absolute Gasteiger partial charge is 0.303 e. The van der Waals surface area contributed by atoms with E-state index >= 15 is 0 Å². The van der Waals surface area contributed by atoms with Gasteiger partial charge in [-0.05, 0) is 74.9 Å². The summed E-state index contributed by atoms with van der Waals surface area (Å²) in [5.74, 6) is 1.50. The number of unbranched alkanes of at least 4 members (excludes halogenated alkanes) is 2. The first-order valence-electron chi connectivity index (χ1n) is 10.5. The summed E-state index contributed by atoms with van der Waals surface area (Å²) in [6, 6.07) is 10.4. The van der Waals surface area contributed by atoms with Crippen molar-refractivity contribution in [2.45, 2.75) is 37.0 Å². The van der Waals surface area contributed by atoms with Crippen LogP contribution in [0.15, 0.2) is 29.2 Å². The molecule has 1 aromatic rings. The topological polar surface area (TPSA) is 88.2 Å². The molecule has 1 aromatic carbocycles. The van der Waals surface area contributed by atoms with E-state index in [0.717, 1.165) is 52.1 Å². The lowest BCUT2D eigenvalue weighted by Crippen LogP contribution is -2.53. The molecule has 2 atom stereocenters. The van der Waals surface area contributed by atoms with Gasteiger partial charge in [0.05, 0.1) is 28.4 Å². The summed E-state index contributed by atoms with van der Waals surface area (Å²) in [6.07, 6.45) is 4.67. The van der Waals surface area contributed by atoms with Gasteiger partial charge in [-0.15, -0.1) is 0 Å². The van der Waals surface area contributed by atoms with Gasteiger partial charge >= 0.3 is 0 Å². The van der Waals surface area contributed by atoms with Crippen LogP contribution < -0.4 is 0 Å². The van der Waals surface area contributed by atoms with E-state index in [1.165, 1.54) is 18.6 Å². The number of fused-ring (bicyclic) bond motifs is 2. The molecule has 6 nitrogen and oxygen atoms in total. The molecule has 2 fully saturated rings. The van der Waals surface area contributed by atoms with Gasteiger partial charge < -0.3 is 9.80 Å². The normalized spacial score (nSPS) is 22.7. The van der Waals surface area contributed by atoms with Gasteiger partial charge in [0, 0.05) is 32.6 Å². The van der Waals surface area contributed by atoms with Crippen LogP contribution in [0.3, 0.4) is 0 Å². The Labute approximate surface area is 174 Å². The van der Waals surface area contributed by atoms with Gasteiger partial charge in [0.15, 0.2) is 9.84 Å². The Morgan fingerprint density at radius 1 is 0.897 bits per heavy atom. The van der Waals surface area contributed by atoms with E-state index in [4.69, 9.17) is 10.5 Å². The smallest absolute Gasteiger partial charge is 0.178 e. The van der Waals surface area contributed by atoms with Crippen molar-refractivity contribution in [2.24, 2.45) is 11.8 Å². The average Bonchev–Trinajstić information content (AvgIpc) is 2.70. The molecular weight excluding hydrogens is 384 g/mol. The Bertz CT molecular complexity index is 840. The summed E-state index contributed by atoms with van der Waals surface area (Å²) in [7, 11) is -3.30. The SMILES string of the molecule is N#CCCCCN1CC2CC(C1)CN(CCCS(=O)(=O)c1ccc(C#N)cc1)C2. The lowest BCUT2D eigenvalue weighted by atomic mass is 9.84. The van der Waals surface area contributed by atoms with Crippen LogP contribution in [0.4, 0.5) is 0 Å². The Kier molecular flexibility index (Phi) is 7.66. The summed E-state index contributed by atoms with van der Waals surface area (Å²) in [5, 5.41) is 17.5. The number of nitrogens with zero attached hydrogens (tertiary/aromatic N) is 4. The molecule has 0 amide bonds. The number of nitriles is 2. The molecule has 2 aliphatic rings. The number of benzene rings is 1. The molecule has 0 spiro atoms. The zero-order valence-corrected chi connectivity index (χ0v) is 17.8. The van der Waals surface area contributed by atoms with Crippen LogP contribution in [0, 0.1) is 34.5 Å². The highest BCUT2D eigenvalue weighted by molar-refractivity contribution is 7.91. The molecular formula is C22H30N4O2S. The molecule has 2 bridgehead atoms. The molecule has 2 unspecified atom stereocenters. The van der Waals surface area contributed by atoms with Gasteiger partial charge in [-0.1, -0.05) is 0 Å². The summed E-state index contributed by atoms with van der Waals surface area (Å²) in [4.78, 5) is 5.31. The minimum atomic E-state index is -3.30. The predicted octanol–water partition coefficient (Wildman–Crippen LogP) is 2.67. The standard InChI is InChI=1S/C22H30N4O2S/c23-9-2-1-3-10-25-15-20-13-21(16-25)18-26(17-20)11-4-12-29(27,28)22-7-5-19(14-24)6-8-22/h5-8,20-21H,1-4,10-13,15-18H2. The number of likely N-dealkylation sites (tertiary alicyclic amines) is 2. The third kappa shape index (κ3) is 6.27. The second-order valence-corrected chi connectivity index (χ2v) is 10.5. The van der Waals surface area contributed by atoms with E-state index in [1.807, 2.05) is 6.07 Å². The van der Waals surface area contributed by atoms with Gasteiger partial charge in [-0.2, -0.15) is 10.5 Å². The van der Waals surface area contributed by atoms with Crippen LogP contribution in [-0.4, -0.2) is 63.2 Å². The Hall–Kier alpha value is -1.93. The number of rotatable bonds is 9. The fourth-order valence-corrected chi connectivity index (χ4v) is 6.03.